The van der Waals surface area contributed by atoms with Crippen molar-refractivity contribution in [1.29, 1.82) is 0 Å². The first kappa shape index (κ1) is 20.1. The Hall–Kier alpha value is -2.24. The summed E-state index contributed by atoms with van der Waals surface area (Å²) in [6.07, 6.45) is 3.24. The van der Waals surface area contributed by atoms with E-state index < -0.39 is 23.3 Å². The van der Waals surface area contributed by atoms with Crippen LogP contribution in [0.2, 0.25) is 0 Å². The van der Waals surface area contributed by atoms with Gasteiger partial charge in [0.15, 0.2) is 23.1 Å². The molecule has 26 heavy (non-hydrogen) atoms. The third-order valence-electron chi connectivity index (χ3n) is 3.85. The van der Waals surface area contributed by atoms with Crippen molar-refractivity contribution in [2.75, 3.05) is 13.2 Å². The van der Waals surface area contributed by atoms with Crippen LogP contribution in [0, 0.1) is 23.3 Å². The fourth-order valence-electron chi connectivity index (χ4n) is 2.45. The van der Waals surface area contributed by atoms with E-state index in [4.69, 9.17) is 9.47 Å². The lowest BCUT2D eigenvalue weighted by Crippen LogP contribution is -2.03. The van der Waals surface area contributed by atoms with Crippen LogP contribution in [-0.2, 0) is 0 Å². The molecule has 0 bridgehead atoms. The third kappa shape index (κ3) is 4.48. The maximum absolute atomic E-state index is 14.4. The van der Waals surface area contributed by atoms with E-state index in [9.17, 15) is 17.6 Å². The summed E-state index contributed by atoms with van der Waals surface area (Å²) in [5.41, 5.74) is -0.748. The monoisotopic (exact) mass is 370 g/mol. The van der Waals surface area contributed by atoms with E-state index in [-0.39, 0.29) is 35.8 Å². The average molecular weight is 370 g/mol. The Kier molecular flexibility index (Phi) is 7.30. The molecule has 0 aromatic heterocycles. The van der Waals surface area contributed by atoms with Gasteiger partial charge in [0.1, 0.15) is 0 Å². The van der Waals surface area contributed by atoms with Crippen molar-refractivity contribution >= 4 is 0 Å². The minimum Gasteiger partial charge on any atom is -0.490 e. The lowest BCUT2D eigenvalue weighted by atomic mass is 10.0. The Morgan fingerprint density at radius 1 is 0.615 bits per heavy atom. The van der Waals surface area contributed by atoms with Crippen molar-refractivity contribution in [2.24, 2.45) is 0 Å². The summed E-state index contributed by atoms with van der Waals surface area (Å²) in [4.78, 5) is 0. The van der Waals surface area contributed by atoms with Gasteiger partial charge in [-0.2, -0.15) is 8.78 Å². The molecule has 0 heterocycles. The molecule has 0 atom stereocenters. The van der Waals surface area contributed by atoms with E-state index in [2.05, 4.69) is 0 Å². The Morgan fingerprint density at radius 3 is 1.58 bits per heavy atom. The van der Waals surface area contributed by atoms with Crippen LogP contribution in [0.4, 0.5) is 17.6 Å². The summed E-state index contributed by atoms with van der Waals surface area (Å²) in [5, 5.41) is 0. The lowest BCUT2D eigenvalue weighted by Gasteiger charge is -2.12. The molecule has 142 valence electrons. The van der Waals surface area contributed by atoms with Crippen LogP contribution in [0.15, 0.2) is 24.3 Å². The molecule has 0 saturated carbocycles. The molecule has 0 fully saturated rings. The second-order valence-corrected chi connectivity index (χ2v) is 5.88. The molecule has 0 unspecified atom stereocenters. The van der Waals surface area contributed by atoms with E-state index in [1.807, 2.05) is 13.8 Å². The molecular weight excluding hydrogens is 348 g/mol. The van der Waals surface area contributed by atoms with Crippen molar-refractivity contribution in [1.82, 2.24) is 0 Å². The highest BCUT2D eigenvalue weighted by Gasteiger charge is 2.21. The Bertz CT molecular complexity index is 747. The van der Waals surface area contributed by atoms with Gasteiger partial charge in [-0.3, -0.25) is 0 Å². The van der Waals surface area contributed by atoms with Gasteiger partial charge in [0.25, 0.3) is 0 Å². The molecule has 0 saturated heterocycles. The number of ether oxygens (including phenoxy) is 2. The van der Waals surface area contributed by atoms with E-state index in [0.717, 1.165) is 19.3 Å². The number of rotatable bonds is 9. The normalized spacial score (nSPS) is 10.8. The maximum atomic E-state index is 14.4. The highest BCUT2D eigenvalue weighted by Crippen LogP contribution is 2.34. The largest absolute Gasteiger partial charge is 0.490 e. The maximum Gasteiger partial charge on any atom is 0.201 e. The van der Waals surface area contributed by atoms with Crippen LogP contribution in [-0.4, -0.2) is 13.2 Å². The van der Waals surface area contributed by atoms with Crippen LogP contribution >= 0.6 is 0 Å². The van der Waals surface area contributed by atoms with E-state index in [1.165, 1.54) is 24.3 Å². The highest BCUT2D eigenvalue weighted by molar-refractivity contribution is 5.67. The Labute approximate surface area is 150 Å². The van der Waals surface area contributed by atoms with Gasteiger partial charge in [-0.15, -0.1) is 0 Å². The molecule has 0 spiro atoms. The van der Waals surface area contributed by atoms with Gasteiger partial charge in [0.05, 0.1) is 13.2 Å². The molecule has 2 aromatic rings. The summed E-state index contributed by atoms with van der Waals surface area (Å²) in [5.74, 6) is -5.51. The molecule has 2 rings (SSSR count). The molecule has 0 radical (unpaired) electrons. The fourth-order valence-corrected chi connectivity index (χ4v) is 2.45. The lowest BCUT2D eigenvalue weighted by molar-refractivity contribution is 0.286. The van der Waals surface area contributed by atoms with Crippen molar-refractivity contribution < 1.29 is 27.0 Å². The van der Waals surface area contributed by atoms with E-state index in [0.29, 0.717) is 6.42 Å². The van der Waals surface area contributed by atoms with Crippen molar-refractivity contribution in [3.05, 3.63) is 47.5 Å². The molecule has 0 N–H and O–H groups in total. The number of halogens is 4. The van der Waals surface area contributed by atoms with E-state index in [1.54, 1.807) is 0 Å². The van der Waals surface area contributed by atoms with Gasteiger partial charge in [-0.25, -0.2) is 8.78 Å². The minimum atomic E-state index is -1.28. The highest BCUT2D eigenvalue weighted by atomic mass is 19.2. The number of hydrogen-bond acceptors (Lipinski definition) is 2. The summed E-state index contributed by atoms with van der Waals surface area (Å²) >= 11 is 0. The predicted molar refractivity (Wildman–Crippen MR) is 92.5 cm³/mol. The second-order valence-electron chi connectivity index (χ2n) is 5.88. The second kappa shape index (κ2) is 9.46. The Balaban J connectivity index is 2.29. The molecule has 2 aromatic carbocycles. The summed E-state index contributed by atoms with van der Waals surface area (Å²) in [6.45, 7) is 4.33. The van der Waals surface area contributed by atoms with E-state index >= 15 is 0 Å². The van der Waals surface area contributed by atoms with Gasteiger partial charge in [0, 0.05) is 11.1 Å². The van der Waals surface area contributed by atoms with Crippen LogP contribution in [0.5, 0.6) is 11.5 Å². The molecule has 0 aliphatic heterocycles. The van der Waals surface area contributed by atoms with Crippen LogP contribution < -0.4 is 9.47 Å². The Morgan fingerprint density at radius 2 is 1.12 bits per heavy atom. The minimum absolute atomic E-state index is 0.225. The van der Waals surface area contributed by atoms with Crippen LogP contribution in [0.3, 0.4) is 0 Å². The first-order valence-corrected chi connectivity index (χ1v) is 8.73. The number of unbranched alkanes of at least 4 members (excludes halogenated alkanes) is 2. The fraction of sp³-hybridized carbons (Fsp3) is 0.400. The molecule has 0 amide bonds. The number of benzene rings is 2. The average Bonchev–Trinajstić information content (AvgIpc) is 2.64. The molecule has 2 nitrogen and oxygen atoms in total. The van der Waals surface area contributed by atoms with Crippen molar-refractivity contribution in [3.8, 4) is 22.6 Å². The van der Waals surface area contributed by atoms with Crippen molar-refractivity contribution in [2.45, 2.75) is 39.5 Å². The summed E-state index contributed by atoms with van der Waals surface area (Å²) in [6, 6.07) is 4.77. The van der Waals surface area contributed by atoms with Gasteiger partial charge < -0.3 is 9.47 Å². The quantitative estimate of drug-likeness (QED) is 0.383. The van der Waals surface area contributed by atoms with Gasteiger partial charge in [-0.05, 0) is 37.1 Å². The van der Waals surface area contributed by atoms with Gasteiger partial charge in [0.2, 0.25) is 11.6 Å². The van der Waals surface area contributed by atoms with Gasteiger partial charge >= 0.3 is 0 Å². The van der Waals surface area contributed by atoms with Crippen LogP contribution in [0.25, 0.3) is 11.1 Å². The zero-order chi connectivity index (χ0) is 19.1. The first-order chi connectivity index (χ1) is 12.5. The first-order valence-electron chi connectivity index (χ1n) is 8.73. The SMILES string of the molecule is CCCCCOc1ccc(-c2ccc(OCCC)c(F)c2F)c(F)c1F. The zero-order valence-electron chi connectivity index (χ0n) is 14.9. The standard InChI is InChI=1S/C20H22F4O2/c1-3-5-6-12-26-16-10-8-14(18(22)20(16)24)13-7-9-15(25-11-4-2)19(23)17(13)21/h7-10H,3-6,11-12H2,1-2H3. The topological polar surface area (TPSA) is 18.5 Å². The van der Waals surface area contributed by atoms with Crippen molar-refractivity contribution in [3.63, 3.8) is 0 Å². The van der Waals surface area contributed by atoms with Crippen LogP contribution in [0.1, 0.15) is 39.5 Å². The molecule has 0 aliphatic rings. The third-order valence-corrected chi connectivity index (χ3v) is 3.85. The summed E-state index contributed by atoms with van der Waals surface area (Å²) < 4.78 is 67.3. The zero-order valence-corrected chi connectivity index (χ0v) is 14.9. The smallest absolute Gasteiger partial charge is 0.201 e. The molecule has 0 aliphatic carbocycles. The predicted octanol–water partition coefficient (Wildman–Crippen LogP) is 6.27. The molecule has 6 heteroatoms. The summed E-state index contributed by atoms with van der Waals surface area (Å²) in [7, 11) is 0. The number of hydrogen-bond donors (Lipinski definition) is 0. The van der Waals surface area contributed by atoms with Gasteiger partial charge in [-0.1, -0.05) is 26.7 Å². The molecular formula is C20H22F4O2.